The number of likely N-dealkylation sites (N-methyl/N-ethyl adjacent to an activating group) is 1. The number of benzene rings is 1. The Morgan fingerprint density at radius 1 is 0.905 bits per heavy atom. The summed E-state index contributed by atoms with van der Waals surface area (Å²) in [5.74, 6) is 0. The Balaban J connectivity index is 2.49. The molecule has 1 aromatic rings. The van der Waals surface area contributed by atoms with E-state index in [-0.39, 0.29) is 0 Å². The number of aliphatic hydroxyl groups is 1. The van der Waals surface area contributed by atoms with Gasteiger partial charge in [0.2, 0.25) is 0 Å². The van der Waals surface area contributed by atoms with Crippen molar-refractivity contribution in [1.29, 1.82) is 0 Å². The van der Waals surface area contributed by atoms with Gasteiger partial charge in [0.1, 0.15) is 0 Å². The van der Waals surface area contributed by atoms with Crippen molar-refractivity contribution in [2.24, 2.45) is 0 Å². The number of nitrogens with zero attached hydrogens (tertiary/aromatic N) is 2. The fraction of sp³-hybridized carbons (Fsp3) is 0.667. The second-order valence-electron chi connectivity index (χ2n) is 5.89. The lowest BCUT2D eigenvalue weighted by molar-refractivity contribution is 0.0163. The minimum atomic E-state index is -0.785. The van der Waals surface area contributed by atoms with Crippen molar-refractivity contribution in [2.75, 3.05) is 39.3 Å². The first-order chi connectivity index (χ1) is 10.0. The molecule has 0 amide bonds. The molecule has 1 rings (SSSR count). The molecule has 0 fully saturated rings. The van der Waals surface area contributed by atoms with Crippen LogP contribution in [0.2, 0.25) is 0 Å². The van der Waals surface area contributed by atoms with Gasteiger partial charge in [-0.25, -0.2) is 0 Å². The number of hydrogen-bond donors (Lipinski definition) is 1. The Morgan fingerprint density at radius 3 is 1.95 bits per heavy atom. The molecule has 3 heteroatoms. The molecule has 21 heavy (non-hydrogen) atoms. The van der Waals surface area contributed by atoms with Crippen LogP contribution >= 0.6 is 0 Å². The van der Waals surface area contributed by atoms with Crippen molar-refractivity contribution in [3.8, 4) is 0 Å². The van der Waals surface area contributed by atoms with E-state index in [1.165, 1.54) is 0 Å². The molecular formula is C18H32N2O. The Morgan fingerprint density at radius 2 is 1.43 bits per heavy atom. The number of hydrogen-bond acceptors (Lipinski definition) is 3. The smallest absolute Gasteiger partial charge is 0.0994 e. The van der Waals surface area contributed by atoms with E-state index in [0.717, 1.165) is 44.7 Å². The molecule has 1 atom stereocenters. The molecule has 0 saturated heterocycles. The Labute approximate surface area is 130 Å². The van der Waals surface area contributed by atoms with Crippen molar-refractivity contribution < 1.29 is 5.11 Å². The van der Waals surface area contributed by atoms with Crippen molar-refractivity contribution in [3.63, 3.8) is 0 Å². The molecular weight excluding hydrogens is 260 g/mol. The summed E-state index contributed by atoms with van der Waals surface area (Å²) in [5.41, 5.74) is 0.208. The van der Waals surface area contributed by atoms with Crippen LogP contribution in [0.1, 0.15) is 39.7 Å². The van der Waals surface area contributed by atoms with Gasteiger partial charge < -0.3 is 14.9 Å². The monoisotopic (exact) mass is 292 g/mol. The highest BCUT2D eigenvalue weighted by Crippen LogP contribution is 2.21. The first-order valence-electron chi connectivity index (χ1n) is 8.26. The summed E-state index contributed by atoms with van der Waals surface area (Å²) in [5, 5.41) is 10.7. The predicted molar refractivity (Wildman–Crippen MR) is 90.5 cm³/mol. The van der Waals surface area contributed by atoms with E-state index in [1.807, 2.05) is 37.3 Å². The zero-order valence-electron chi connectivity index (χ0n) is 14.2. The molecule has 0 bridgehead atoms. The highest BCUT2D eigenvalue weighted by molar-refractivity contribution is 5.21. The molecule has 0 radical (unpaired) electrons. The first kappa shape index (κ1) is 18.1. The molecule has 0 aliphatic carbocycles. The Bertz CT molecular complexity index is 374. The van der Waals surface area contributed by atoms with Gasteiger partial charge in [-0.05, 0) is 51.6 Å². The van der Waals surface area contributed by atoms with E-state index in [0.29, 0.717) is 6.54 Å². The second-order valence-corrected chi connectivity index (χ2v) is 5.89. The van der Waals surface area contributed by atoms with Crippen LogP contribution in [-0.2, 0) is 5.60 Å². The van der Waals surface area contributed by atoms with Gasteiger partial charge in [-0.2, -0.15) is 0 Å². The highest BCUT2D eigenvalue weighted by atomic mass is 16.3. The van der Waals surface area contributed by atoms with Crippen LogP contribution in [-0.4, -0.2) is 54.2 Å². The molecule has 0 heterocycles. The van der Waals surface area contributed by atoms with Gasteiger partial charge in [-0.3, -0.25) is 0 Å². The second kappa shape index (κ2) is 9.19. The summed E-state index contributed by atoms with van der Waals surface area (Å²) in [6.07, 6.45) is 1.15. The van der Waals surface area contributed by atoms with Crippen LogP contribution in [0.15, 0.2) is 30.3 Å². The third kappa shape index (κ3) is 6.16. The molecule has 1 aromatic carbocycles. The maximum Gasteiger partial charge on any atom is 0.0994 e. The first-order valence-corrected chi connectivity index (χ1v) is 8.26. The van der Waals surface area contributed by atoms with E-state index < -0.39 is 5.60 Å². The normalized spacial score (nSPS) is 14.6. The SMILES string of the molecule is CCN(CC)CCCN(CC)CC(C)(O)c1ccccc1. The zero-order valence-corrected chi connectivity index (χ0v) is 14.2. The third-order valence-corrected chi connectivity index (χ3v) is 4.22. The van der Waals surface area contributed by atoms with Crippen LogP contribution in [0, 0.1) is 0 Å². The van der Waals surface area contributed by atoms with Gasteiger partial charge in [0, 0.05) is 6.54 Å². The van der Waals surface area contributed by atoms with Crippen LogP contribution in [0.4, 0.5) is 0 Å². The molecule has 120 valence electrons. The largest absolute Gasteiger partial charge is 0.384 e. The van der Waals surface area contributed by atoms with Crippen LogP contribution in [0.5, 0.6) is 0 Å². The zero-order chi connectivity index (χ0) is 15.7. The lowest BCUT2D eigenvalue weighted by Crippen LogP contribution is -2.40. The Hall–Kier alpha value is -0.900. The molecule has 3 nitrogen and oxygen atoms in total. The lowest BCUT2D eigenvalue weighted by atomic mass is 9.95. The van der Waals surface area contributed by atoms with E-state index in [9.17, 15) is 5.11 Å². The summed E-state index contributed by atoms with van der Waals surface area (Å²) >= 11 is 0. The van der Waals surface area contributed by atoms with Crippen molar-refractivity contribution in [1.82, 2.24) is 9.80 Å². The standard InChI is InChI=1S/C18H32N2O/c1-5-19(6-2)14-11-15-20(7-3)16-18(4,21)17-12-9-8-10-13-17/h8-10,12-13,21H,5-7,11,14-16H2,1-4H3. The summed E-state index contributed by atoms with van der Waals surface area (Å²) < 4.78 is 0. The Kier molecular flexibility index (Phi) is 7.94. The summed E-state index contributed by atoms with van der Waals surface area (Å²) in [6, 6.07) is 9.97. The molecule has 0 saturated carbocycles. The highest BCUT2D eigenvalue weighted by Gasteiger charge is 2.25. The van der Waals surface area contributed by atoms with Crippen molar-refractivity contribution in [2.45, 2.75) is 39.7 Å². The lowest BCUT2D eigenvalue weighted by Gasteiger charge is -2.32. The van der Waals surface area contributed by atoms with E-state index in [1.54, 1.807) is 0 Å². The maximum absolute atomic E-state index is 10.7. The fourth-order valence-corrected chi connectivity index (χ4v) is 2.73. The quantitative estimate of drug-likeness (QED) is 0.718. The van der Waals surface area contributed by atoms with Gasteiger partial charge in [0.25, 0.3) is 0 Å². The molecule has 0 aliphatic rings. The average molecular weight is 292 g/mol. The van der Waals surface area contributed by atoms with Gasteiger partial charge in [-0.1, -0.05) is 51.1 Å². The minimum Gasteiger partial charge on any atom is -0.384 e. The number of rotatable bonds is 10. The summed E-state index contributed by atoms with van der Waals surface area (Å²) in [4.78, 5) is 4.79. The molecule has 0 spiro atoms. The van der Waals surface area contributed by atoms with Gasteiger partial charge in [-0.15, -0.1) is 0 Å². The fourth-order valence-electron chi connectivity index (χ4n) is 2.73. The summed E-state index contributed by atoms with van der Waals surface area (Å²) in [7, 11) is 0. The minimum absolute atomic E-state index is 0.686. The van der Waals surface area contributed by atoms with E-state index in [4.69, 9.17) is 0 Å². The van der Waals surface area contributed by atoms with Crippen molar-refractivity contribution >= 4 is 0 Å². The van der Waals surface area contributed by atoms with Gasteiger partial charge in [0.05, 0.1) is 5.60 Å². The molecule has 0 aliphatic heterocycles. The predicted octanol–water partition coefficient (Wildman–Crippen LogP) is 2.95. The molecule has 1 unspecified atom stereocenters. The third-order valence-electron chi connectivity index (χ3n) is 4.22. The van der Waals surface area contributed by atoms with Crippen LogP contribution in [0.3, 0.4) is 0 Å². The van der Waals surface area contributed by atoms with Gasteiger partial charge >= 0.3 is 0 Å². The maximum atomic E-state index is 10.7. The van der Waals surface area contributed by atoms with Crippen LogP contribution in [0.25, 0.3) is 0 Å². The molecule has 0 aromatic heterocycles. The topological polar surface area (TPSA) is 26.7 Å². The van der Waals surface area contributed by atoms with Crippen molar-refractivity contribution in [3.05, 3.63) is 35.9 Å². The van der Waals surface area contributed by atoms with Gasteiger partial charge in [0.15, 0.2) is 0 Å². The van der Waals surface area contributed by atoms with Crippen LogP contribution < -0.4 is 0 Å². The molecule has 1 N–H and O–H groups in total. The average Bonchev–Trinajstić information content (AvgIpc) is 2.51. The summed E-state index contributed by atoms with van der Waals surface area (Å²) in [6.45, 7) is 14.6. The van der Waals surface area contributed by atoms with E-state index >= 15 is 0 Å². The van der Waals surface area contributed by atoms with E-state index in [2.05, 4.69) is 30.6 Å².